The SMILES string of the molecule is C/C=C/CCNC(=NC)NCCCN1C(=O)C2C3C=CC(C3)C2C1=O.I. The van der Waals surface area contributed by atoms with E-state index >= 15 is 0 Å². The van der Waals surface area contributed by atoms with Crippen LogP contribution in [0, 0.1) is 23.7 Å². The summed E-state index contributed by atoms with van der Waals surface area (Å²) in [5, 5.41) is 6.47. The first-order chi connectivity index (χ1) is 12.2. The summed E-state index contributed by atoms with van der Waals surface area (Å²) in [5.74, 6) is 1.24. The Morgan fingerprint density at radius 2 is 1.81 bits per heavy atom. The third-order valence-corrected chi connectivity index (χ3v) is 5.48. The van der Waals surface area contributed by atoms with Crippen LogP contribution in [0.5, 0.6) is 0 Å². The van der Waals surface area contributed by atoms with Crippen LogP contribution in [0.25, 0.3) is 0 Å². The molecule has 1 saturated carbocycles. The molecule has 0 spiro atoms. The molecule has 0 aromatic heterocycles. The second-order valence-electron chi connectivity index (χ2n) is 6.97. The van der Waals surface area contributed by atoms with Crippen molar-refractivity contribution in [2.75, 3.05) is 26.7 Å². The number of aliphatic imine (C=N–C) groups is 1. The molecule has 2 fully saturated rings. The number of hydrogen-bond acceptors (Lipinski definition) is 3. The quantitative estimate of drug-likeness (QED) is 0.148. The van der Waals surface area contributed by atoms with Crippen molar-refractivity contribution in [2.45, 2.75) is 26.2 Å². The minimum absolute atomic E-state index is 0. The zero-order chi connectivity index (χ0) is 17.8. The van der Waals surface area contributed by atoms with E-state index in [1.54, 1.807) is 7.05 Å². The van der Waals surface area contributed by atoms with Crippen molar-refractivity contribution in [3.8, 4) is 0 Å². The molecule has 144 valence electrons. The zero-order valence-corrected chi connectivity index (χ0v) is 17.8. The molecule has 1 saturated heterocycles. The van der Waals surface area contributed by atoms with Crippen molar-refractivity contribution >= 4 is 41.8 Å². The minimum Gasteiger partial charge on any atom is -0.356 e. The number of allylic oxidation sites excluding steroid dienone is 3. The Balaban J connectivity index is 0.00000243. The summed E-state index contributed by atoms with van der Waals surface area (Å²) >= 11 is 0. The lowest BCUT2D eigenvalue weighted by atomic mass is 9.85. The van der Waals surface area contributed by atoms with Gasteiger partial charge in [-0.25, -0.2) is 0 Å². The normalized spacial score (nSPS) is 29.5. The van der Waals surface area contributed by atoms with Crippen molar-refractivity contribution in [1.29, 1.82) is 0 Å². The van der Waals surface area contributed by atoms with Gasteiger partial charge in [0.15, 0.2) is 5.96 Å². The summed E-state index contributed by atoms with van der Waals surface area (Å²) in [7, 11) is 1.74. The highest BCUT2D eigenvalue weighted by atomic mass is 127. The Bertz CT molecular complexity index is 587. The number of carbonyl (C=O) groups is 2. The van der Waals surface area contributed by atoms with Crippen LogP contribution in [-0.4, -0.2) is 49.4 Å². The van der Waals surface area contributed by atoms with Gasteiger partial charge in [-0.05, 0) is 38.0 Å². The first-order valence-corrected chi connectivity index (χ1v) is 9.26. The number of nitrogens with zero attached hydrogens (tertiary/aromatic N) is 2. The zero-order valence-electron chi connectivity index (χ0n) is 15.5. The van der Waals surface area contributed by atoms with Crippen LogP contribution in [0.4, 0.5) is 0 Å². The van der Waals surface area contributed by atoms with Gasteiger partial charge in [0, 0.05) is 26.7 Å². The molecule has 3 aliphatic rings. The topological polar surface area (TPSA) is 73.8 Å². The van der Waals surface area contributed by atoms with Gasteiger partial charge >= 0.3 is 0 Å². The van der Waals surface area contributed by atoms with E-state index in [1.807, 2.05) is 13.0 Å². The van der Waals surface area contributed by atoms with E-state index in [2.05, 4.69) is 33.9 Å². The van der Waals surface area contributed by atoms with Gasteiger partial charge in [-0.15, -0.1) is 24.0 Å². The van der Waals surface area contributed by atoms with Crippen molar-refractivity contribution < 1.29 is 9.59 Å². The van der Waals surface area contributed by atoms with Gasteiger partial charge in [-0.3, -0.25) is 19.5 Å². The second kappa shape index (κ2) is 9.53. The van der Waals surface area contributed by atoms with E-state index in [0.717, 1.165) is 31.8 Å². The van der Waals surface area contributed by atoms with E-state index < -0.39 is 0 Å². The van der Waals surface area contributed by atoms with E-state index in [4.69, 9.17) is 0 Å². The van der Waals surface area contributed by atoms with Gasteiger partial charge in [0.1, 0.15) is 0 Å². The average Bonchev–Trinajstić information content (AvgIpc) is 3.29. The van der Waals surface area contributed by atoms with E-state index in [1.165, 1.54) is 4.90 Å². The van der Waals surface area contributed by atoms with Crippen LogP contribution in [-0.2, 0) is 9.59 Å². The molecule has 0 aromatic carbocycles. The van der Waals surface area contributed by atoms with Crippen molar-refractivity contribution in [1.82, 2.24) is 15.5 Å². The molecule has 2 aliphatic carbocycles. The molecule has 1 aliphatic heterocycles. The third kappa shape index (κ3) is 4.13. The Morgan fingerprint density at radius 3 is 2.38 bits per heavy atom. The monoisotopic (exact) mass is 472 g/mol. The molecule has 1 heterocycles. The number of nitrogens with one attached hydrogen (secondary N) is 2. The smallest absolute Gasteiger partial charge is 0.233 e. The maximum Gasteiger partial charge on any atom is 0.233 e. The third-order valence-electron chi connectivity index (χ3n) is 5.48. The summed E-state index contributed by atoms with van der Waals surface area (Å²) in [6.45, 7) is 4.00. The summed E-state index contributed by atoms with van der Waals surface area (Å²) in [6, 6.07) is 0. The minimum atomic E-state index is -0.0866. The van der Waals surface area contributed by atoms with Crippen LogP contribution in [0.2, 0.25) is 0 Å². The molecule has 0 aromatic rings. The first kappa shape index (κ1) is 20.9. The van der Waals surface area contributed by atoms with Gasteiger partial charge < -0.3 is 10.6 Å². The predicted octanol–water partition coefficient (Wildman–Crippen LogP) is 1.93. The highest BCUT2D eigenvalue weighted by Crippen LogP contribution is 2.52. The molecule has 7 heteroatoms. The molecule has 6 nitrogen and oxygen atoms in total. The number of halogens is 1. The van der Waals surface area contributed by atoms with Crippen molar-refractivity contribution in [3.05, 3.63) is 24.3 Å². The predicted molar refractivity (Wildman–Crippen MR) is 113 cm³/mol. The fourth-order valence-electron chi connectivity index (χ4n) is 4.29. The first-order valence-electron chi connectivity index (χ1n) is 9.26. The summed E-state index contributed by atoms with van der Waals surface area (Å²) in [6.07, 6.45) is 11.1. The number of carbonyl (C=O) groups excluding carboxylic acids is 2. The number of guanidine groups is 1. The largest absolute Gasteiger partial charge is 0.356 e. The standard InChI is InChI=1S/C19H28N4O2.HI/c1-3-4-5-9-21-19(20-2)22-10-6-11-23-17(24)15-13-7-8-14(12-13)16(15)18(23)25;/h3-4,7-8,13-16H,5-6,9-12H2,1-2H3,(H2,20,21,22);1H/b4-3+;. The number of amides is 2. The van der Waals surface area contributed by atoms with E-state index in [0.29, 0.717) is 13.1 Å². The maximum atomic E-state index is 12.6. The molecule has 4 atom stereocenters. The lowest BCUT2D eigenvalue weighted by Crippen LogP contribution is -2.40. The molecule has 0 radical (unpaired) electrons. The van der Waals surface area contributed by atoms with Gasteiger partial charge in [-0.2, -0.15) is 0 Å². The van der Waals surface area contributed by atoms with Crippen molar-refractivity contribution in [2.24, 2.45) is 28.7 Å². The van der Waals surface area contributed by atoms with E-state index in [9.17, 15) is 9.59 Å². The molecular weight excluding hydrogens is 443 g/mol. The van der Waals surface area contributed by atoms with Crippen LogP contribution in [0.1, 0.15) is 26.2 Å². The number of imide groups is 1. The van der Waals surface area contributed by atoms with Crippen LogP contribution < -0.4 is 10.6 Å². The summed E-state index contributed by atoms with van der Waals surface area (Å²) in [5.41, 5.74) is 0. The summed E-state index contributed by atoms with van der Waals surface area (Å²) in [4.78, 5) is 30.8. The van der Waals surface area contributed by atoms with Crippen molar-refractivity contribution in [3.63, 3.8) is 0 Å². The van der Waals surface area contributed by atoms with E-state index in [-0.39, 0.29) is 59.5 Å². The molecule has 4 unspecified atom stereocenters. The lowest BCUT2D eigenvalue weighted by molar-refractivity contribution is -0.140. The van der Waals surface area contributed by atoms with Gasteiger partial charge in [0.25, 0.3) is 0 Å². The van der Waals surface area contributed by atoms with Gasteiger partial charge in [0.2, 0.25) is 11.8 Å². The Morgan fingerprint density at radius 1 is 1.19 bits per heavy atom. The molecule has 2 amide bonds. The van der Waals surface area contributed by atoms with Gasteiger partial charge in [-0.1, -0.05) is 24.3 Å². The number of likely N-dealkylation sites (tertiary alicyclic amines) is 1. The molecular formula is C19H29IN4O2. The summed E-state index contributed by atoms with van der Waals surface area (Å²) < 4.78 is 0. The number of rotatable bonds is 7. The van der Waals surface area contributed by atoms with Crippen LogP contribution in [0.3, 0.4) is 0 Å². The molecule has 2 bridgehead atoms. The fraction of sp³-hybridized carbons (Fsp3) is 0.632. The molecule has 3 rings (SSSR count). The van der Waals surface area contributed by atoms with Crippen LogP contribution in [0.15, 0.2) is 29.3 Å². The lowest BCUT2D eigenvalue weighted by Gasteiger charge is -2.18. The molecule has 2 N–H and O–H groups in total. The average molecular weight is 472 g/mol. The highest BCUT2D eigenvalue weighted by Gasteiger charge is 2.58. The Kier molecular flexibility index (Phi) is 7.67. The van der Waals surface area contributed by atoms with Crippen LogP contribution >= 0.6 is 24.0 Å². The van der Waals surface area contributed by atoms with Gasteiger partial charge in [0.05, 0.1) is 11.8 Å². The number of fused-ring (bicyclic) bond motifs is 5. The highest BCUT2D eigenvalue weighted by molar-refractivity contribution is 14.0. The second-order valence-corrected chi connectivity index (χ2v) is 6.97. The Hall–Kier alpha value is -1.38. The maximum absolute atomic E-state index is 12.6. The molecule has 26 heavy (non-hydrogen) atoms. The fourth-order valence-corrected chi connectivity index (χ4v) is 4.29. The number of hydrogen-bond donors (Lipinski definition) is 2. The Labute approximate surface area is 172 Å².